The monoisotopic (exact) mass is 322 g/mol. The second-order valence-corrected chi connectivity index (χ2v) is 6.62. The van der Waals surface area contributed by atoms with E-state index in [9.17, 15) is 9.90 Å². The molecule has 3 unspecified atom stereocenters. The molecule has 3 atom stereocenters. The van der Waals surface area contributed by atoms with Crippen LogP contribution in [0.25, 0.3) is 0 Å². The zero-order chi connectivity index (χ0) is 13.1. The summed E-state index contributed by atoms with van der Waals surface area (Å²) in [5.74, 6) is 0.493. The molecule has 0 radical (unpaired) electrons. The fraction of sp³-hybridized carbons (Fsp3) is 0.500. The summed E-state index contributed by atoms with van der Waals surface area (Å²) < 4.78 is 0.967. The number of fused-ring (bicyclic) bond motifs is 3. The van der Waals surface area contributed by atoms with Gasteiger partial charge >= 0.3 is 0 Å². The number of anilines is 2. The molecule has 1 saturated carbocycles. The van der Waals surface area contributed by atoms with E-state index in [0.717, 1.165) is 28.3 Å². The molecule has 2 N–H and O–H groups in total. The van der Waals surface area contributed by atoms with Crippen molar-refractivity contribution >= 4 is 33.2 Å². The fourth-order valence-electron chi connectivity index (χ4n) is 3.69. The molecule has 0 spiro atoms. The highest BCUT2D eigenvalue weighted by atomic mass is 79.9. The molecule has 1 aromatic carbocycles. The van der Waals surface area contributed by atoms with Crippen molar-refractivity contribution in [3.05, 3.63) is 22.2 Å². The number of hydrogen-bond acceptors (Lipinski definition) is 3. The Labute approximate surface area is 119 Å². The predicted octanol–water partition coefficient (Wildman–Crippen LogP) is 2.42. The molecule has 19 heavy (non-hydrogen) atoms. The molecule has 1 aliphatic carbocycles. The van der Waals surface area contributed by atoms with E-state index in [2.05, 4.69) is 26.1 Å². The minimum atomic E-state index is -1.03. The maximum Gasteiger partial charge on any atom is 0.257 e. The predicted molar refractivity (Wildman–Crippen MR) is 76.2 cm³/mol. The average Bonchev–Trinajstić information content (AvgIpc) is 3.06. The molecule has 0 aromatic heterocycles. The summed E-state index contributed by atoms with van der Waals surface area (Å²) in [6.07, 6.45) is 2.87. The third kappa shape index (κ3) is 1.64. The summed E-state index contributed by atoms with van der Waals surface area (Å²) in [7, 11) is 0. The Morgan fingerprint density at radius 2 is 2.21 bits per heavy atom. The van der Waals surface area contributed by atoms with Gasteiger partial charge in [0.05, 0.1) is 5.69 Å². The SMILES string of the molecule is O=C1Nc2cc(N3CC4CCC3C4)c(Br)cc2C1O. The molecule has 2 heterocycles. The summed E-state index contributed by atoms with van der Waals surface area (Å²) in [5, 5.41) is 12.5. The first-order valence-corrected chi connectivity index (χ1v) is 7.52. The number of nitrogens with one attached hydrogen (secondary N) is 1. The largest absolute Gasteiger partial charge is 0.378 e. The van der Waals surface area contributed by atoms with Gasteiger partial charge in [-0.3, -0.25) is 4.79 Å². The third-order valence-electron chi connectivity index (χ3n) is 4.64. The smallest absolute Gasteiger partial charge is 0.257 e. The Balaban J connectivity index is 1.75. The van der Waals surface area contributed by atoms with Crippen LogP contribution in [-0.4, -0.2) is 23.6 Å². The van der Waals surface area contributed by atoms with Crippen LogP contribution in [0.3, 0.4) is 0 Å². The van der Waals surface area contributed by atoms with Gasteiger partial charge in [0.25, 0.3) is 5.91 Å². The van der Waals surface area contributed by atoms with Crippen molar-refractivity contribution in [2.75, 3.05) is 16.8 Å². The van der Waals surface area contributed by atoms with Crippen molar-refractivity contribution in [3.63, 3.8) is 0 Å². The number of nitrogens with zero attached hydrogens (tertiary/aromatic N) is 1. The van der Waals surface area contributed by atoms with Gasteiger partial charge in [0, 0.05) is 28.3 Å². The molecule has 100 valence electrons. The van der Waals surface area contributed by atoms with Crippen LogP contribution in [0.5, 0.6) is 0 Å². The van der Waals surface area contributed by atoms with Gasteiger partial charge in [-0.15, -0.1) is 0 Å². The van der Waals surface area contributed by atoms with E-state index >= 15 is 0 Å². The quantitative estimate of drug-likeness (QED) is 0.835. The standard InChI is InChI=1S/C14H15BrN2O2/c15-10-4-9-11(16-14(19)13(9)18)5-12(10)17-6-7-1-2-8(17)3-7/h4-5,7-8,13,18H,1-3,6H2,(H,16,19). The lowest BCUT2D eigenvalue weighted by Crippen LogP contribution is -2.32. The molecule has 1 amide bonds. The maximum atomic E-state index is 11.5. The molecule has 1 saturated heterocycles. The highest BCUT2D eigenvalue weighted by molar-refractivity contribution is 9.10. The summed E-state index contributed by atoms with van der Waals surface area (Å²) in [4.78, 5) is 14.0. The minimum absolute atomic E-state index is 0.331. The van der Waals surface area contributed by atoms with Crippen LogP contribution < -0.4 is 10.2 Å². The lowest BCUT2D eigenvalue weighted by Gasteiger charge is -2.30. The Morgan fingerprint density at radius 3 is 2.89 bits per heavy atom. The van der Waals surface area contributed by atoms with Crippen molar-refractivity contribution in [3.8, 4) is 0 Å². The van der Waals surface area contributed by atoms with Crippen molar-refractivity contribution in [1.29, 1.82) is 0 Å². The molecule has 4 nitrogen and oxygen atoms in total. The maximum absolute atomic E-state index is 11.5. The molecule has 2 fully saturated rings. The number of carbonyl (C=O) groups excluding carboxylic acids is 1. The van der Waals surface area contributed by atoms with Crippen LogP contribution in [0.2, 0.25) is 0 Å². The zero-order valence-corrected chi connectivity index (χ0v) is 12.0. The van der Waals surface area contributed by atoms with E-state index in [4.69, 9.17) is 0 Å². The molecule has 5 heteroatoms. The Morgan fingerprint density at radius 1 is 1.37 bits per heavy atom. The first-order valence-electron chi connectivity index (χ1n) is 6.72. The lowest BCUT2D eigenvalue weighted by atomic mass is 10.1. The molecule has 1 aromatic rings. The molecular weight excluding hydrogens is 308 g/mol. The van der Waals surface area contributed by atoms with E-state index in [1.54, 1.807) is 0 Å². The Hall–Kier alpha value is -1.07. The van der Waals surface area contributed by atoms with Gasteiger partial charge in [0.1, 0.15) is 0 Å². The van der Waals surface area contributed by atoms with Gasteiger partial charge in [-0.05, 0) is 53.2 Å². The number of carbonyl (C=O) groups is 1. The number of aliphatic hydroxyl groups excluding tert-OH is 1. The van der Waals surface area contributed by atoms with E-state index in [0.29, 0.717) is 11.6 Å². The molecule has 2 aliphatic heterocycles. The molecule has 3 aliphatic rings. The lowest BCUT2D eigenvalue weighted by molar-refractivity contribution is -0.123. The number of benzene rings is 1. The normalized spacial score (nSPS) is 31.8. The summed E-state index contributed by atoms with van der Waals surface area (Å²) in [6, 6.07) is 4.51. The fourth-order valence-corrected chi connectivity index (χ4v) is 4.28. The van der Waals surface area contributed by atoms with Crippen LogP contribution in [-0.2, 0) is 4.79 Å². The molecular formula is C14H15BrN2O2. The topological polar surface area (TPSA) is 52.6 Å². The van der Waals surface area contributed by atoms with E-state index < -0.39 is 6.10 Å². The van der Waals surface area contributed by atoms with Crippen molar-refractivity contribution in [2.24, 2.45) is 5.92 Å². The number of rotatable bonds is 1. The van der Waals surface area contributed by atoms with Crippen LogP contribution in [0.15, 0.2) is 16.6 Å². The van der Waals surface area contributed by atoms with Gasteiger partial charge < -0.3 is 15.3 Å². The van der Waals surface area contributed by atoms with Crippen molar-refractivity contribution < 1.29 is 9.90 Å². The number of hydrogen-bond donors (Lipinski definition) is 2. The molecule has 2 bridgehead atoms. The Kier molecular flexibility index (Phi) is 2.45. The van der Waals surface area contributed by atoms with E-state index in [1.807, 2.05) is 12.1 Å². The van der Waals surface area contributed by atoms with E-state index in [1.165, 1.54) is 19.3 Å². The highest BCUT2D eigenvalue weighted by Crippen LogP contribution is 2.45. The minimum Gasteiger partial charge on any atom is -0.378 e. The second-order valence-electron chi connectivity index (χ2n) is 5.77. The number of piperidine rings is 1. The number of aliphatic hydroxyl groups is 1. The third-order valence-corrected chi connectivity index (χ3v) is 5.27. The summed E-state index contributed by atoms with van der Waals surface area (Å²) in [5.41, 5.74) is 2.56. The highest BCUT2D eigenvalue weighted by Gasteiger charge is 2.39. The Bertz CT molecular complexity index is 575. The number of halogens is 1. The zero-order valence-electron chi connectivity index (χ0n) is 10.4. The summed E-state index contributed by atoms with van der Waals surface area (Å²) >= 11 is 3.59. The van der Waals surface area contributed by atoms with Crippen molar-refractivity contribution in [1.82, 2.24) is 0 Å². The van der Waals surface area contributed by atoms with Gasteiger partial charge in [-0.25, -0.2) is 0 Å². The first-order chi connectivity index (χ1) is 9.13. The van der Waals surface area contributed by atoms with Gasteiger partial charge in [-0.1, -0.05) is 0 Å². The van der Waals surface area contributed by atoms with Gasteiger partial charge in [0.15, 0.2) is 6.10 Å². The number of amides is 1. The summed E-state index contributed by atoms with van der Waals surface area (Å²) in [6.45, 7) is 1.11. The van der Waals surface area contributed by atoms with Gasteiger partial charge in [-0.2, -0.15) is 0 Å². The average molecular weight is 323 g/mol. The first kappa shape index (κ1) is 11.7. The van der Waals surface area contributed by atoms with Gasteiger partial charge in [0.2, 0.25) is 0 Å². The van der Waals surface area contributed by atoms with Crippen LogP contribution >= 0.6 is 15.9 Å². The van der Waals surface area contributed by atoms with Crippen LogP contribution in [0.1, 0.15) is 30.9 Å². The second kappa shape index (κ2) is 3.96. The van der Waals surface area contributed by atoms with Crippen molar-refractivity contribution in [2.45, 2.75) is 31.4 Å². The van der Waals surface area contributed by atoms with Crippen LogP contribution in [0, 0.1) is 5.92 Å². The van der Waals surface area contributed by atoms with E-state index in [-0.39, 0.29) is 5.91 Å². The molecule has 4 rings (SSSR count). The van der Waals surface area contributed by atoms with Crippen LogP contribution in [0.4, 0.5) is 11.4 Å².